The van der Waals surface area contributed by atoms with Gasteiger partial charge >= 0.3 is 0 Å². The fourth-order valence-corrected chi connectivity index (χ4v) is 5.12. The van der Waals surface area contributed by atoms with E-state index in [4.69, 9.17) is 9.26 Å². The lowest BCUT2D eigenvalue weighted by atomic mass is 10.1. The number of benzene rings is 2. The van der Waals surface area contributed by atoms with Gasteiger partial charge in [-0.3, -0.25) is 0 Å². The molecule has 7 nitrogen and oxygen atoms in total. The van der Waals surface area contributed by atoms with Crippen molar-refractivity contribution in [2.75, 3.05) is 7.11 Å². The summed E-state index contributed by atoms with van der Waals surface area (Å²) in [5, 5.41) is 5.21. The van der Waals surface area contributed by atoms with E-state index in [1.165, 1.54) is 24.3 Å². The maximum Gasteiger partial charge on any atom is 0.245 e. The highest BCUT2D eigenvalue weighted by Gasteiger charge is 2.29. The number of aryl methyl sites for hydroxylation is 1. The Balaban J connectivity index is 1.51. The summed E-state index contributed by atoms with van der Waals surface area (Å²) in [5.74, 6) is 0.153. The van der Waals surface area contributed by atoms with E-state index >= 15 is 0 Å². The average Bonchev–Trinajstić information content (AvgIpc) is 3.45. The Morgan fingerprint density at radius 2 is 1.84 bits per heavy atom. The molecular formula is C22H20FN3O4S2. The molecule has 1 unspecified atom stereocenters. The molecule has 1 atom stereocenters. The monoisotopic (exact) mass is 473 g/mol. The van der Waals surface area contributed by atoms with Gasteiger partial charge in [0, 0.05) is 16.5 Å². The van der Waals surface area contributed by atoms with Gasteiger partial charge in [-0.05, 0) is 49.7 Å². The first-order valence-corrected chi connectivity index (χ1v) is 12.3. The summed E-state index contributed by atoms with van der Waals surface area (Å²) in [4.78, 5) is 8.63. The molecule has 0 aliphatic heterocycles. The molecule has 0 radical (unpaired) electrons. The van der Waals surface area contributed by atoms with Crippen LogP contribution in [0.25, 0.3) is 22.0 Å². The topological polar surface area (TPSA) is 95.2 Å². The van der Waals surface area contributed by atoms with Crippen LogP contribution in [0.1, 0.15) is 29.3 Å². The van der Waals surface area contributed by atoms with Crippen LogP contribution < -0.4 is 4.74 Å². The zero-order valence-electron chi connectivity index (χ0n) is 17.6. The van der Waals surface area contributed by atoms with Crippen LogP contribution in [0.5, 0.6) is 5.75 Å². The van der Waals surface area contributed by atoms with Crippen molar-refractivity contribution < 1.29 is 22.1 Å². The Hall–Kier alpha value is -3.11. The van der Waals surface area contributed by atoms with Crippen LogP contribution >= 0.6 is 11.3 Å². The molecule has 4 rings (SSSR count). The number of rotatable bonds is 7. The highest BCUT2D eigenvalue weighted by atomic mass is 32.2. The van der Waals surface area contributed by atoms with Crippen molar-refractivity contribution in [3.05, 3.63) is 70.8 Å². The van der Waals surface area contributed by atoms with Gasteiger partial charge in [-0.2, -0.15) is 4.98 Å². The second kappa shape index (κ2) is 8.79. The van der Waals surface area contributed by atoms with Gasteiger partial charge in [0.15, 0.2) is 9.84 Å². The standard InChI is InChI=1S/C22H20FN3O4S2/c1-13-4-5-16(10-19(13)23)20-25-21(30-26-20)14(2)32(27,28)12-17-11-31-22(24-17)15-6-8-18(29-3)9-7-15/h4-11,14H,12H2,1-3H3. The summed E-state index contributed by atoms with van der Waals surface area (Å²) in [5.41, 5.74) is 2.22. The Labute approximate surface area is 188 Å². The number of sulfone groups is 1. The lowest BCUT2D eigenvalue weighted by Gasteiger charge is -2.07. The van der Waals surface area contributed by atoms with Crippen LogP contribution in [0.2, 0.25) is 0 Å². The summed E-state index contributed by atoms with van der Waals surface area (Å²) in [6.45, 7) is 3.13. The van der Waals surface area contributed by atoms with E-state index < -0.39 is 20.9 Å². The molecule has 0 spiro atoms. The fraction of sp³-hybridized carbons (Fsp3) is 0.227. The number of halogens is 1. The van der Waals surface area contributed by atoms with Crippen LogP contribution in [0.3, 0.4) is 0 Å². The van der Waals surface area contributed by atoms with Crippen molar-refractivity contribution in [3.63, 3.8) is 0 Å². The number of nitrogens with zero attached hydrogens (tertiary/aromatic N) is 3. The molecule has 166 valence electrons. The van der Waals surface area contributed by atoms with Crippen molar-refractivity contribution in [2.45, 2.75) is 24.9 Å². The Bertz CT molecular complexity index is 1350. The first-order chi connectivity index (χ1) is 15.3. The number of thiazole rings is 1. The highest BCUT2D eigenvalue weighted by Crippen LogP contribution is 2.30. The summed E-state index contributed by atoms with van der Waals surface area (Å²) in [6.07, 6.45) is 0. The number of hydrogen-bond acceptors (Lipinski definition) is 8. The molecular weight excluding hydrogens is 453 g/mol. The average molecular weight is 474 g/mol. The SMILES string of the molecule is COc1ccc(-c2nc(CS(=O)(=O)C(C)c3nc(-c4ccc(C)c(F)c4)no3)cs2)cc1. The molecule has 0 saturated heterocycles. The molecule has 0 aliphatic carbocycles. The van der Waals surface area contributed by atoms with Crippen LogP contribution in [-0.4, -0.2) is 30.7 Å². The van der Waals surface area contributed by atoms with E-state index in [-0.39, 0.29) is 17.5 Å². The lowest BCUT2D eigenvalue weighted by Crippen LogP contribution is -2.13. The minimum atomic E-state index is -3.68. The van der Waals surface area contributed by atoms with Gasteiger partial charge in [0.2, 0.25) is 11.7 Å². The quantitative estimate of drug-likeness (QED) is 0.373. The second-order valence-electron chi connectivity index (χ2n) is 7.24. The summed E-state index contributed by atoms with van der Waals surface area (Å²) in [6, 6.07) is 11.9. The zero-order valence-corrected chi connectivity index (χ0v) is 19.2. The molecule has 2 aromatic heterocycles. The third-order valence-electron chi connectivity index (χ3n) is 5.00. The van der Waals surface area contributed by atoms with Crippen molar-refractivity contribution in [1.29, 1.82) is 0 Å². The summed E-state index contributed by atoms with van der Waals surface area (Å²) < 4.78 is 50.0. The molecule has 32 heavy (non-hydrogen) atoms. The van der Waals surface area contributed by atoms with Gasteiger partial charge in [0.1, 0.15) is 21.8 Å². The van der Waals surface area contributed by atoms with E-state index in [9.17, 15) is 12.8 Å². The van der Waals surface area contributed by atoms with E-state index in [2.05, 4.69) is 15.1 Å². The maximum atomic E-state index is 13.8. The first-order valence-electron chi connectivity index (χ1n) is 9.67. The molecule has 2 aromatic carbocycles. The molecule has 0 fully saturated rings. The molecule has 4 aromatic rings. The number of aromatic nitrogens is 3. The predicted octanol–water partition coefficient (Wildman–Crippen LogP) is 4.99. The fourth-order valence-electron chi connectivity index (χ4n) is 2.97. The van der Waals surface area contributed by atoms with Crippen molar-refractivity contribution in [2.24, 2.45) is 0 Å². The van der Waals surface area contributed by atoms with Gasteiger partial charge in [0.05, 0.1) is 18.6 Å². The molecule has 2 heterocycles. The number of ether oxygens (including phenoxy) is 1. The third-order valence-corrected chi connectivity index (χ3v) is 7.91. The number of hydrogen-bond donors (Lipinski definition) is 0. The maximum absolute atomic E-state index is 13.8. The van der Waals surface area contributed by atoms with E-state index in [1.807, 2.05) is 24.3 Å². The zero-order chi connectivity index (χ0) is 22.9. The second-order valence-corrected chi connectivity index (χ2v) is 10.4. The summed E-state index contributed by atoms with van der Waals surface area (Å²) in [7, 11) is -2.08. The minimum absolute atomic E-state index is 0.0495. The van der Waals surface area contributed by atoms with Crippen LogP contribution in [0.15, 0.2) is 52.4 Å². The van der Waals surface area contributed by atoms with Crippen LogP contribution in [0, 0.1) is 12.7 Å². The van der Waals surface area contributed by atoms with Gasteiger partial charge in [-0.15, -0.1) is 11.3 Å². The minimum Gasteiger partial charge on any atom is -0.497 e. The third kappa shape index (κ3) is 4.56. The largest absolute Gasteiger partial charge is 0.497 e. The summed E-state index contributed by atoms with van der Waals surface area (Å²) >= 11 is 1.36. The van der Waals surface area contributed by atoms with E-state index in [0.717, 1.165) is 11.3 Å². The lowest BCUT2D eigenvalue weighted by molar-refractivity contribution is 0.377. The molecule has 0 amide bonds. The Morgan fingerprint density at radius 1 is 1.12 bits per heavy atom. The Morgan fingerprint density at radius 3 is 2.53 bits per heavy atom. The smallest absolute Gasteiger partial charge is 0.245 e. The van der Waals surface area contributed by atoms with Gasteiger partial charge in [-0.1, -0.05) is 17.3 Å². The Kier molecular flexibility index (Phi) is 6.07. The van der Waals surface area contributed by atoms with Gasteiger partial charge in [-0.25, -0.2) is 17.8 Å². The van der Waals surface area contributed by atoms with Crippen LogP contribution in [-0.2, 0) is 15.6 Å². The van der Waals surface area contributed by atoms with Gasteiger partial charge in [0.25, 0.3) is 0 Å². The van der Waals surface area contributed by atoms with Crippen LogP contribution in [0.4, 0.5) is 4.39 Å². The van der Waals surface area contributed by atoms with Gasteiger partial charge < -0.3 is 9.26 Å². The molecule has 0 aliphatic rings. The first kappa shape index (κ1) is 22.1. The molecule has 0 bridgehead atoms. The van der Waals surface area contributed by atoms with Crippen molar-refractivity contribution in [3.8, 4) is 27.7 Å². The van der Waals surface area contributed by atoms with Crippen molar-refractivity contribution >= 4 is 21.2 Å². The predicted molar refractivity (Wildman–Crippen MR) is 120 cm³/mol. The molecule has 0 saturated carbocycles. The van der Waals surface area contributed by atoms with Crippen molar-refractivity contribution in [1.82, 2.24) is 15.1 Å². The van der Waals surface area contributed by atoms with E-state index in [1.54, 1.807) is 31.5 Å². The number of methoxy groups -OCH3 is 1. The normalized spacial score (nSPS) is 12.6. The molecule has 10 heteroatoms. The van der Waals surface area contributed by atoms with E-state index in [0.29, 0.717) is 21.8 Å². The highest BCUT2D eigenvalue weighted by molar-refractivity contribution is 7.90. The molecule has 0 N–H and O–H groups in total.